The predicted molar refractivity (Wildman–Crippen MR) is 140 cm³/mol. The molecule has 2 aromatic carbocycles. The Morgan fingerprint density at radius 2 is 1.00 bits per heavy atom. The Kier molecular flexibility index (Phi) is 21.3. The number of aryl methyl sites for hydroxylation is 2. The van der Waals surface area contributed by atoms with E-state index in [2.05, 4.69) is 72.8 Å². The van der Waals surface area contributed by atoms with Crippen LogP contribution in [0.2, 0.25) is 13.1 Å². The largest absolute Gasteiger partial charge is 4.00 e. The first-order valence-corrected chi connectivity index (χ1v) is 15.6. The van der Waals surface area contributed by atoms with E-state index < -0.39 is 8.07 Å². The van der Waals surface area contributed by atoms with Crippen molar-refractivity contribution in [3.63, 3.8) is 0 Å². The first-order chi connectivity index (χ1) is 14.2. The number of halogens is 3. The molecule has 0 nitrogen and oxygen atoms in total. The molecule has 0 heterocycles. The second kappa shape index (κ2) is 18.6. The molecule has 0 spiro atoms. The van der Waals surface area contributed by atoms with Gasteiger partial charge in [-0.1, -0.05) is 117 Å². The van der Waals surface area contributed by atoms with Crippen molar-refractivity contribution in [2.45, 2.75) is 119 Å². The molecule has 0 saturated carbocycles. The standard InChI is InChI=1S/C29H47Si.3ClH.Ti/c1-9-11-13-15-17-26-19-27(18-16-14-12-10-2)21-28(20-26)30(7,8)29-24(5)22(3)23(4)25(29)6;;;;/h19-21H,9-18H2,1-8H3;3*1H;/q-1;;;;+4/p-3. The summed E-state index contributed by atoms with van der Waals surface area (Å²) < 4.78 is 0. The fourth-order valence-corrected chi connectivity index (χ4v) is 8.86. The van der Waals surface area contributed by atoms with Crippen LogP contribution in [0.3, 0.4) is 0 Å². The molecular formula is C29H47Cl3SiTi. The Hall–Kier alpha value is 0.371. The Morgan fingerprint density at radius 1 is 0.618 bits per heavy atom. The molecule has 0 saturated heterocycles. The molecule has 0 N–H and O–H groups in total. The van der Waals surface area contributed by atoms with Gasteiger partial charge in [-0.05, 0) is 36.8 Å². The Labute approximate surface area is 246 Å². The summed E-state index contributed by atoms with van der Waals surface area (Å²) in [6.45, 7) is 19.1. The minimum atomic E-state index is -1.73. The molecule has 192 valence electrons. The van der Waals surface area contributed by atoms with Crippen molar-refractivity contribution in [3.05, 3.63) is 51.6 Å². The first kappa shape index (κ1) is 38.9. The molecule has 2 rings (SSSR count). The summed E-state index contributed by atoms with van der Waals surface area (Å²) in [5.41, 5.74) is 9.31. The van der Waals surface area contributed by atoms with Crippen LogP contribution in [0.25, 0.3) is 0 Å². The third-order valence-electron chi connectivity index (χ3n) is 7.47. The molecule has 34 heavy (non-hydrogen) atoms. The zero-order chi connectivity index (χ0) is 22.3. The third kappa shape index (κ3) is 10.0. The fourth-order valence-electron chi connectivity index (χ4n) is 5.22. The summed E-state index contributed by atoms with van der Waals surface area (Å²) in [5.74, 6) is 0. The predicted octanol–water partition coefficient (Wildman–Crippen LogP) is -1.28. The maximum atomic E-state index is 2.59. The number of hydrogen-bond donors (Lipinski definition) is 0. The van der Waals surface area contributed by atoms with Crippen LogP contribution < -0.4 is 47.6 Å². The van der Waals surface area contributed by atoms with Gasteiger partial charge in [0.05, 0.1) is 8.07 Å². The van der Waals surface area contributed by atoms with Gasteiger partial charge in [0.15, 0.2) is 0 Å². The van der Waals surface area contributed by atoms with Gasteiger partial charge in [-0.15, -0.1) is 5.19 Å². The zero-order valence-corrected chi connectivity index (χ0v) is 27.8. The van der Waals surface area contributed by atoms with Crippen LogP contribution in [-0.2, 0) is 34.6 Å². The molecule has 5 heteroatoms. The molecule has 2 aromatic rings. The molecule has 0 bridgehead atoms. The van der Waals surface area contributed by atoms with Gasteiger partial charge in [-0.2, -0.15) is 22.3 Å². The van der Waals surface area contributed by atoms with E-state index >= 15 is 0 Å². The van der Waals surface area contributed by atoms with Gasteiger partial charge in [0.1, 0.15) is 0 Å². The Bertz CT molecular complexity index is 772. The average molecular weight is 578 g/mol. The molecule has 0 fully saturated rings. The molecule has 0 aromatic heterocycles. The summed E-state index contributed by atoms with van der Waals surface area (Å²) >= 11 is 0. The Morgan fingerprint density at radius 3 is 1.35 bits per heavy atom. The summed E-state index contributed by atoms with van der Waals surface area (Å²) in [6.07, 6.45) is 13.3. The normalized spacial score (nSPS) is 10.6. The first-order valence-electron chi connectivity index (χ1n) is 12.6. The topological polar surface area (TPSA) is 0 Å². The van der Waals surface area contributed by atoms with Crippen LogP contribution in [0.4, 0.5) is 0 Å². The van der Waals surface area contributed by atoms with E-state index in [-0.39, 0.29) is 58.9 Å². The molecular weight excluding hydrogens is 531 g/mol. The number of unbranched alkanes of at least 4 members (excludes halogenated alkanes) is 6. The maximum Gasteiger partial charge on any atom is 4.00 e. The van der Waals surface area contributed by atoms with E-state index in [1.807, 2.05) is 0 Å². The van der Waals surface area contributed by atoms with E-state index in [1.54, 1.807) is 32.6 Å². The Balaban J connectivity index is -0.00000240. The van der Waals surface area contributed by atoms with Crippen LogP contribution in [0.5, 0.6) is 0 Å². The van der Waals surface area contributed by atoms with Gasteiger partial charge in [0.25, 0.3) is 0 Å². The SMILES string of the molecule is CCCCCCc1cc(CCCCCC)cc([Si](C)(C)[c-]2c(C)c(C)c(C)c2C)c1.[Cl-].[Cl-].[Cl-].[Ti+4]. The van der Waals surface area contributed by atoms with Crippen molar-refractivity contribution < 1.29 is 58.9 Å². The van der Waals surface area contributed by atoms with Crippen LogP contribution in [0.15, 0.2) is 18.2 Å². The second-order valence-electron chi connectivity index (χ2n) is 10.2. The van der Waals surface area contributed by atoms with Crippen LogP contribution in [0.1, 0.15) is 98.6 Å². The van der Waals surface area contributed by atoms with Crippen molar-refractivity contribution in [3.8, 4) is 0 Å². The maximum absolute atomic E-state index is 2.59. The average Bonchev–Trinajstić information content (AvgIpc) is 2.91. The van der Waals surface area contributed by atoms with Crippen molar-refractivity contribution in [1.82, 2.24) is 0 Å². The molecule has 0 atom stereocenters. The molecule has 0 aliphatic rings. The van der Waals surface area contributed by atoms with Crippen molar-refractivity contribution >= 4 is 18.4 Å². The summed E-state index contributed by atoms with van der Waals surface area (Å²) in [7, 11) is -1.73. The molecule has 0 radical (unpaired) electrons. The van der Waals surface area contributed by atoms with Gasteiger partial charge in [-0.3, -0.25) is 0 Å². The van der Waals surface area contributed by atoms with Gasteiger partial charge < -0.3 is 37.2 Å². The summed E-state index contributed by atoms with van der Waals surface area (Å²) in [5, 5.41) is 3.34. The van der Waals surface area contributed by atoms with Crippen molar-refractivity contribution in [2.75, 3.05) is 0 Å². The van der Waals surface area contributed by atoms with Crippen molar-refractivity contribution in [1.29, 1.82) is 0 Å². The van der Waals surface area contributed by atoms with E-state index in [4.69, 9.17) is 0 Å². The van der Waals surface area contributed by atoms with Crippen LogP contribution in [-0.4, -0.2) is 8.07 Å². The van der Waals surface area contributed by atoms with Crippen LogP contribution >= 0.6 is 0 Å². The number of rotatable bonds is 12. The van der Waals surface area contributed by atoms with E-state index in [0.717, 1.165) is 0 Å². The fraction of sp³-hybridized carbons (Fsp3) is 0.621. The number of hydrogen-bond acceptors (Lipinski definition) is 0. The molecule has 0 aliphatic carbocycles. The minimum absolute atomic E-state index is 0. The van der Waals surface area contributed by atoms with Gasteiger partial charge in [0, 0.05) is 0 Å². The van der Waals surface area contributed by atoms with E-state index in [9.17, 15) is 0 Å². The monoisotopic (exact) mass is 576 g/mol. The van der Waals surface area contributed by atoms with Crippen LogP contribution in [0, 0.1) is 27.7 Å². The second-order valence-corrected chi connectivity index (χ2v) is 14.5. The quantitative estimate of drug-likeness (QED) is 0.168. The molecule has 0 aliphatic heterocycles. The van der Waals surface area contributed by atoms with Gasteiger partial charge >= 0.3 is 21.7 Å². The van der Waals surface area contributed by atoms with Gasteiger partial charge in [0.2, 0.25) is 0 Å². The summed E-state index contributed by atoms with van der Waals surface area (Å²) in [6, 6.07) is 7.71. The minimum Gasteiger partial charge on any atom is -1.00 e. The van der Waals surface area contributed by atoms with Crippen molar-refractivity contribution in [2.24, 2.45) is 0 Å². The van der Waals surface area contributed by atoms with Gasteiger partial charge in [-0.25, -0.2) is 0 Å². The molecule has 0 unspecified atom stereocenters. The summed E-state index contributed by atoms with van der Waals surface area (Å²) in [4.78, 5) is 0. The van der Waals surface area contributed by atoms with E-state index in [1.165, 1.54) is 75.3 Å². The van der Waals surface area contributed by atoms with E-state index in [0.29, 0.717) is 0 Å². The smallest absolute Gasteiger partial charge is 1.00 e. The third-order valence-corrected chi connectivity index (χ3v) is 11.2. The number of benzene rings is 1. The molecule has 0 amide bonds. The zero-order valence-electron chi connectivity index (χ0n) is 22.9.